The maximum absolute atomic E-state index is 13.8. The maximum Gasteiger partial charge on any atom is 0.190 e. The number of hydrogen-bond acceptors (Lipinski definition) is 4. The highest BCUT2D eigenvalue weighted by molar-refractivity contribution is 8.00. The lowest BCUT2D eigenvalue weighted by Crippen LogP contribution is -2.17. The van der Waals surface area contributed by atoms with E-state index in [-0.39, 0.29) is 5.82 Å². The van der Waals surface area contributed by atoms with E-state index in [4.69, 9.17) is 4.98 Å². The van der Waals surface area contributed by atoms with E-state index in [1.807, 2.05) is 18.2 Å². The number of halogens is 1. The van der Waals surface area contributed by atoms with Gasteiger partial charge in [0.25, 0.3) is 0 Å². The lowest BCUT2D eigenvalue weighted by atomic mass is 10.2. The molecular formula is C18H17FN2S2. The van der Waals surface area contributed by atoms with Crippen molar-refractivity contribution in [1.82, 2.24) is 4.98 Å². The summed E-state index contributed by atoms with van der Waals surface area (Å²) in [7, 11) is 0. The van der Waals surface area contributed by atoms with Gasteiger partial charge in [-0.2, -0.15) is 0 Å². The van der Waals surface area contributed by atoms with Crippen LogP contribution in [0.3, 0.4) is 0 Å². The minimum absolute atomic E-state index is 0.123. The molecule has 2 nitrogen and oxygen atoms in total. The summed E-state index contributed by atoms with van der Waals surface area (Å²) in [6.07, 6.45) is 10.7. The quantitative estimate of drug-likeness (QED) is 0.681. The predicted octanol–water partition coefficient (Wildman–Crippen LogP) is 5.34. The molecule has 1 aliphatic carbocycles. The molecule has 1 saturated carbocycles. The van der Waals surface area contributed by atoms with E-state index >= 15 is 0 Å². The first-order valence-electron chi connectivity index (χ1n) is 7.78. The third-order valence-electron chi connectivity index (χ3n) is 3.95. The fourth-order valence-corrected chi connectivity index (χ4v) is 4.91. The topological polar surface area (TPSA) is 16.1 Å². The van der Waals surface area contributed by atoms with Crippen molar-refractivity contribution in [2.45, 2.75) is 28.7 Å². The van der Waals surface area contributed by atoms with E-state index in [1.165, 1.54) is 28.8 Å². The zero-order valence-electron chi connectivity index (χ0n) is 12.6. The third kappa shape index (κ3) is 3.35. The number of benzene rings is 1. The van der Waals surface area contributed by atoms with Gasteiger partial charge in [0.1, 0.15) is 5.82 Å². The molecule has 0 spiro atoms. The normalized spacial score (nSPS) is 17.0. The van der Waals surface area contributed by atoms with Crippen molar-refractivity contribution in [2.24, 2.45) is 0 Å². The Morgan fingerprint density at radius 2 is 2.13 bits per heavy atom. The Labute approximate surface area is 143 Å². The lowest BCUT2D eigenvalue weighted by Gasteiger charge is -2.16. The molecule has 1 aromatic carbocycles. The highest BCUT2D eigenvalue weighted by atomic mass is 32.2. The summed E-state index contributed by atoms with van der Waals surface area (Å²) in [5.41, 5.74) is 1.98. The van der Waals surface area contributed by atoms with Gasteiger partial charge in [0.05, 0.1) is 9.90 Å². The van der Waals surface area contributed by atoms with Gasteiger partial charge in [-0.25, -0.2) is 9.37 Å². The van der Waals surface area contributed by atoms with E-state index in [0.29, 0.717) is 11.7 Å². The van der Waals surface area contributed by atoms with Crippen molar-refractivity contribution < 1.29 is 4.39 Å². The molecule has 118 valence electrons. The van der Waals surface area contributed by atoms with Crippen molar-refractivity contribution >= 4 is 28.2 Å². The van der Waals surface area contributed by atoms with Crippen molar-refractivity contribution in [3.8, 4) is 0 Å². The Hall–Kier alpha value is -1.59. The van der Waals surface area contributed by atoms with E-state index in [2.05, 4.69) is 23.3 Å². The number of thioether (sulfide) groups is 1. The molecule has 0 N–H and O–H groups in total. The van der Waals surface area contributed by atoms with Crippen LogP contribution < -0.4 is 4.90 Å². The molecule has 0 atom stereocenters. The number of thiazole rings is 1. The number of anilines is 1. The van der Waals surface area contributed by atoms with E-state index in [1.54, 1.807) is 29.2 Å². The van der Waals surface area contributed by atoms with Gasteiger partial charge >= 0.3 is 0 Å². The van der Waals surface area contributed by atoms with Crippen LogP contribution in [0.25, 0.3) is 0 Å². The fourth-order valence-electron chi connectivity index (χ4n) is 2.52. The standard InChI is InChI=1S/C18H17FN2S2/c19-15-7-3-2-6-14(15)12-22-17-16(13-8-9-13)20-18(23-17)21-10-4-1-5-11-21/h1-7,10,13H,8-9,11-12H2. The second-order valence-electron chi connectivity index (χ2n) is 5.75. The van der Waals surface area contributed by atoms with Gasteiger partial charge in [0.15, 0.2) is 5.13 Å². The van der Waals surface area contributed by atoms with Crippen LogP contribution in [0.4, 0.5) is 9.52 Å². The first-order valence-corrected chi connectivity index (χ1v) is 9.58. The highest BCUT2D eigenvalue weighted by Gasteiger charge is 2.30. The van der Waals surface area contributed by atoms with Crippen LogP contribution in [0, 0.1) is 5.82 Å². The lowest BCUT2D eigenvalue weighted by molar-refractivity contribution is 0.617. The SMILES string of the molecule is Fc1ccccc1CSc1sc(N2C=CC=CC2)nc1C1CC1. The zero-order valence-corrected chi connectivity index (χ0v) is 14.2. The van der Waals surface area contributed by atoms with Crippen LogP contribution in [0.15, 0.2) is 52.9 Å². The summed E-state index contributed by atoms with van der Waals surface area (Å²) in [6, 6.07) is 7.02. The number of aromatic nitrogens is 1. The summed E-state index contributed by atoms with van der Waals surface area (Å²) in [5.74, 6) is 1.14. The first-order chi connectivity index (χ1) is 11.3. The van der Waals surface area contributed by atoms with Crippen molar-refractivity contribution in [1.29, 1.82) is 0 Å². The smallest absolute Gasteiger partial charge is 0.190 e. The molecular weight excluding hydrogens is 327 g/mol. The van der Waals surface area contributed by atoms with Gasteiger partial charge in [-0.15, -0.1) is 11.8 Å². The Kier molecular flexibility index (Phi) is 4.23. The van der Waals surface area contributed by atoms with Gasteiger partial charge in [-0.3, -0.25) is 0 Å². The van der Waals surface area contributed by atoms with Crippen LogP contribution in [-0.4, -0.2) is 11.5 Å². The second kappa shape index (κ2) is 6.49. The molecule has 0 unspecified atom stereocenters. The van der Waals surface area contributed by atoms with Crippen LogP contribution in [0.2, 0.25) is 0 Å². The fraction of sp³-hybridized carbons (Fsp3) is 0.278. The van der Waals surface area contributed by atoms with Crippen LogP contribution in [0.1, 0.15) is 30.0 Å². The Morgan fingerprint density at radius 3 is 2.87 bits per heavy atom. The summed E-state index contributed by atoms with van der Waals surface area (Å²) >= 11 is 3.44. The molecule has 0 saturated heterocycles. The van der Waals surface area contributed by atoms with Crippen LogP contribution in [0.5, 0.6) is 0 Å². The molecule has 5 heteroatoms. The summed E-state index contributed by atoms with van der Waals surface area (Å²) < 4.78 is 15.1. The maximum atomic E-state index is 13.8. The molecule has 2 aliphatic rings. The molecule has 0 amide bonds. The molecule has 1 aromatic heterocycles. The van der Waals surface area contributed by atoms with Gasteiger partial charge in [0.2, 0.25) is 0 Å². The van der Waals surface area contributed by atoms with E-state index in [0.717, 1.165) is 17.2 Å². The number of nitrogens with zero attached hydrogens (tertiary/aromatic N) is 2. The number of allylic oxidation sites excluding steroid dienone is 2. The third-order valence-corrected chi connectivity index (χ3v) is 6.38. The molecule has 0 radical (unpaired) electrons. The largest absolute Gasteiger partial charge is 0.321 e. The molecule has 4 rings (SSSR count). The number of rotatable bonds is 5. The molecule has 2 aromatic rings. The molecule has 23 heavy (non-hydrogen) atoms. The van der Waals surface area contributed by atoms with Gasteiger partial charge in [-0.05, 0) is 30.5 Å². The van der Waals surface area contributed by atoms with Crippen LogP contribution in [-0.2, 0) is 5.75 Å². The minimum atomic E-state index is -0.123. The average Bonchev–Trinajstić information content (AvgIpc) is 3.35. The molecule has 0 bridgehead atoms. The minimum Gasteiger partial charge on any atom is -0.321 e. The molecule has 1 aliphatic heterocycles. The summed E-state index contributed by atoms with van der Waals surface area (Å²) in [4.78, 5) is 7.05. The van der Waals surface area contributed by atoms with E-state index < -0.39 is 0 Å². The van der Waals surface area contributed by atoms with Gasteiger partial charge in [0, 0.05) is 24.4 Å². The summed E-state index contributed by atoms with van der Waals surface area (Å²) in [5, 5.41) is 1.04. The second-order valence-corrected chi connectivity index (χ2v) is 7.97. The van der Waals surface area contributed by atoms with Crippen LogP contribution >= 0.6 is 23.1 Å². The van der Waals surface area contributed by atoms with Crippen molar-refractivity contribution in [3.05, 3.63) is 65.8 Å². The van der Waals surface area contributed by atoms with E-state index in [9.17, 15) is 4.39 Å². The first kappa shape index (κ1) is 15.0. The van der Waals surface area contributed by atoms with Crippen molar-refractivity contribution in [3.63, 3.8) is 0 Å². The highest BCUT2D eigenvalue weighted by Crippen LogP contribution is 2.48. The Balaban J connectivity index is 1.55. The van der Waals surface area contributed by atoms with Gasteiger partial charge in [-0.1, -0.05) is 41.7 Å². The average molecular weight is 344 g/mol. The summed E-state index contributed by atoms with van der Waals surface area (Å²) in [6.45, 7) is 0.867. The Bertz CT molecular complexity index is 762. The number of hydrogen-bond donors (Lipinski definition) is 0. The monoisotopic (exact) mass is 344 g/mol. The van der Waals surface area contributed by atoms with Gasteiger partial charge < -0.3 is 4.90 Å². The zero-order chi connectivity index (χ0) is 15.6. The predicted molar refractivity (Wildman–Crippen MR) is 95.7 cm³/mol. The molecule has 2 heterocycles. The molecule has 1 fully saturated rings. The van der Waals surface area contributed by atoms with Crippen molar-refractivity contribution in [2.75, 3.05) is 11.4 Å². The Morgan fingerprint density at radius 1 is 1.26 bits per heavy atom.